The van der Waals surface area contributed by atoms with Crippen molar-refractivity contribution in [2.24, 2.45) is 0 Å². The Kier molecular flexibility index (Phi) is 4.52. The van der Waals surface area contributed by atoms with Crippen molar-refractivity contribution < 1.29 is 4.79 Å². The van der Waals surface area contributed by atoms with E-state index in [1.165, 1.54) is 16.8 Å². The Bertz CT molecular complexity index is 679. The molecule has 0 saturated carbocycles. The number of benzene rings is 1. The van der Waals surface area contributed by atoms with Crippen LogP contribution in [0.4, 0.5) is 0 Å². The molecular formula is C16H19N3O2. The normalized spacial score (nSPS) is 12.0. The topological polar surface area (TPSA) is 55.2 Å². The molecule has 1 amide bonds. The van der Waals surface area contributed by atoms with Gasteiger partial charge in [-0.25, -0.2) is 0 Å². The molecule has 0 aliphatic heterocycles. The van der Waals surface area contributed by atoms with E-state index in [1.807, 2.05) is 32.0 Å². The van der Waals surface area contributed by atoms with Crippen molar-refractivity contribution in [1.82, 2.24) is 14.7 Å². The molecule has 0 radical (unpaired) electrons. The quantitative estimate of drug-likeness (QED) is 0.864. The van der Waals surface area contributed by atoms with Crippen molar-refractivity contribution in [3.8, 4) is 5.69 Å². The maximum Gasteiger partial charge on any atom is 0.274 e. The molecule has 110 valence electrons. The Labute approximate surface area is 123 Å². The fraction of sp³-hybridized carbons (Fsp3) is 0.312. The number of nitrogens with zero attached hydrogens (tertiary/aromatic N) is 3. The predicted octanol–water partition coefficient (Wildman–Crippen LogP) is 2.10. The van der Waals surface area contributed by atoms with Crippen LogP contribution in [-0.2, 0) is 0 Å². The van der Waals surface area contributed by atoms with E-state index in [1.54, 1.807) is 24.1 Å². The molecule has 2 rings (SSSR count). The zero-order chi connectivity index (χ0) is 15.4. The molecule has 0 saturated heterocycles. The van der Waals surface area contributed by atoms with Crippen molar-refractivity contribution in [3.05, 3.63) is 58.5 Å². The highest BCUT2D eigenvalue weighted by Crippen LogP contribution is 2.07. The molecule has 0 N–H and O–H groups in total. The fourth-order valence-electron chi connectivity index (χ4n) is 1.93. The zero-order valence-electron chi connectivity index (χ0n) is 12.5. The maximum absolute atomic E-state index is 12.4. The third-order valence-corrected chi connectivity index (χ3v) is 3.59. The van der Waals surface area contributed by atoms with Crippen LogP contribution in [0.3, 0.4) is 0 Å². The number of para-hydroxylation sites is 1. The first-order valence-electron chi connectivity index (χ1n) is 6.97. The lowest BCUT2D eigenvalue weighted by atomic mass is 10.2. The molecule has 1 heterocycles. The standard InChI is InChI=1S/C16H19N3O2/c1-4-12(2)18(3)16(21)14-10-11-15(20)19(17-14)13-8-6-5-7-9-13/h5-12H,4H2,1-3H3. The fourth-order valence-corrected chi connectivity index (χ4v) is 1.93. The van der Waals surface area contributed by atoms with Crippen molar-refractivity contribution >= 4 is 5.91 Å². The molecule has 21 heavy (non-hydrogen) atoms. The highest BCUT2D eigenvalue weighted by molar-refractivity contribution is 5.92. The van der Waals surface area contributed by atoms with Gasteiger partial charge >= 0.3 is 0 Å². The Balaban J connectivity index is 2.40. The van der Waals surface area contributed by atoms with Gasteiger partial charge < -0.3 is 4.90 Å². The second-order valence-electron chi connectivity index (χ2n) is 4.98. The largest absolute Gasteiger partial charge is 0.338 e. The summed E-state index contributed by atoms with van der Waals surface area (Å²) in [5.41, 5.74) is 0.647. The summed E-state index contributed by atoms with van der Waals surface area (Å²) >= 11 is 0. The van der Waals surface area contributed by atoms with Gasteiger partial charge in [0.2, 0.25) is 0 Å². The molecule has 0 aliphatic rings. The summed E-state index contributed by atoms with van der Waals surface area (Å²) in [6, 6.07) is 12.0. The van der Waals surface area contributed by atoms with Crippen LogP contribution in [-0.4, -0.2) is 33.7 Å². The van der Waals surface area contributed by atoms with E-state index < -0.39 is 0 Å². The summed E-state index contributed by atoms with van der Waals surface area (Å²) in [5, 5.41) is 4.19. The van der Waals surface area contributed by atoms with Gasteiger partial charge in [0.1, 0.15) is 5.69 Å². The molecule has 1 atom stereocenters. The van der Waals surface area contributed by atoms with Crippen LogP contribution in [0.25, 0.3) is 5.69 Å². The van der Waals surface area contributed by atoms with Crippen LogP contribution in [0.1, 0.15) is 30.8 Å². The molecule has 5 heteroatoms. The van der Waals surface area contributed by atoms with Gasteiger partial charge in [-0.3, -0.25) is 9.59 Å². The van der Waals surface area contributed by atoms with Gasteiger partial charge in [-0.15, -0.1) is 0 Å². The number of carbonyl (C=O) groups is 1. The zero-order valence-corrected chi connectivity index (χ0v) is 12.5. The molecule has 1 aromatic heterocycles. The second kappa shape index (κ2) is 6.35. The number of amides is 1. The van der Waals surface area contributed by atoms with Crippen molar-refractivity contribution in [1.29, 1.82) is 0 Å². The third kappa shape index (κ3) is 3.18. The Morgan fingerprint density at radius 1 is 1.24 bits per heavy atom. The average molecular weight is 285 g/mol. The Morgan fingerprint density at radius 3 is 2.52 bits per heavy atom. The smallest absolute Gasteiger partial charge is 0.274 e. The maximum atomic E-state index is 12.4. The lowest BCUT2D eigenvalue weighted by Crippen LogP contribution is -2.36. The number of carbonyl (C=O) groups excluding carboxylic acids is 1. The number of hydrogen-bond acceptors (Lipinski definition) is 3. The molecular weight excluding hydrogens is 266 g/mol. The minimum absolute atomic E-state index is 0.122. The summed E-state index contributed by atoms with van der Waals surface area (Å²) in [6.07, 6.45) is 0.862. The molecule has 5 nitrogen and oxygen atoms in total. The van der Waals surface area contributed by atoms with Crippen molar-refractivity contribution in [2.75, 3.05) is 7.05 Å². The SMILES string of the molecule is CCC(C)N(C)C(=O)c1ccc(=O)n(-c2ccccc2)n1. The summed E-state index contributed by atoms with van der Waals surface area (Å²) in [4.78, 5) is 26.0. The molecule has 1 aromatic carbocycles. The predicted molar refractivity (Wildman–Crippen MR) is 81.7 cm³/mol. The van der Waals surface area contributed by atoms with Crippen molar-refractivity contribution in [3.63, 3.8) is 0 Å². The minimum Gasteiger partial charge on any atom is -0.338 e. The van der Waals surface area contributed by atoms with Gasteiger partial charge in [-0.2, -0.15) is 9.78 Å². The molecule has 0 fully saturated rings. The number of rotatable bonds is 4. The van der Waals surface area contributed by atoms with Gasteiger partial charge in [-0.05, 0) is 31.5 Å². The second-order valence-corrected chi connectivity index (χ2v) is 4.98. The van der Waals surface area contributed by atoms with E-state index in [9.17, 15) is 9.59 Å². The van der Waals surface area contributed by atoms with E-state index in [0.717, 1.165) is 6.42 Å². The molecule has 1 unspecified atom stereocenters. The third-order valence-electron chi connectivity index (χ3n) is 3.59. The highest BCUT2D eigenvalue weighted by atomic mass is 16.2. The van der Waals surface area contributed by atoms with Gasteiger partial charge in [0.25, 0.3) is 11.5 Å². The minimum atomic E-state index is -0.260. The Hall–Kier alpha value is -2.43. The summed E-state index contributed by atoms with van der Waals surface area (Å²) in [6.45, 7) is 4.00. The van der Waals surface area contributed by atoms with Crippen LogP contribution in [0, 0.1) is 0 Å². The van der Waals surface area contributed by atoms with Crippen LogP contribution in [0.5, 0.6) is 0 Å². The van der Waals surface area contributed by atoms with E-state index >= 15 is 0 Å². The molecule has 0 aliphatic carbocycles. The van der Waals surface area contributed by atoms with Gasteiger partial charge in [0, 0.05) is 19.2 Å². The first-order valence-corrected chi connectivity index (χ1v) is 6.97. The Morgan fingerprint density at radius 2 is 1.90 bits per heavy atom. The van der Waals surface area contributed by atoms with Gasteiger partial charge in [0.05, 0.1) is 5.69 Å². The lowest BCUT2D eigenvalue weighted by molar-refractivity contribution is 0.0732. The van der Waals surface area contributed by atoms with Crippen LogP contribution in [0.15, 0.2) is 47.3 Å². The molecule has 2 aromatic rings. The number of aromatic nitrogens is 2. The summed E-state index contributed by atoms with van der Waals surface area (Å²) < 4.78 is 1.25. The van der Waals surface area contributed by atoms with Crippen LogP contribution < -0.4 is 5.56 Å². The van der Waals surface area contributed by atoms with E-state index in [4.69, 9.17) is 0 Å². The monoisotopic (exact) mass is 285 g/mol. The lowest BCUT2D eigenvalue weighted by Gasteiger charge is -2.23. The van der Waals surface area contributed by atoms with E-state index in [0.29, 0.717) is 5.69 Å². The van der Waals surface area contributed by atoms with Crippen LogP contribution >= 0.6 is 0 Å². The van der Waals surface area contributed by atoms with E-state index in [2.05, 4.69) is 5.10 Å². The first kappa shape index (κ1) is 15.0. The first-order chi connectivity index (χ1) is 10.0. The average Bonchev–Trinajstić information content (AvgIpc) is 2.54. The highest BCUT2D eigenvalue weighted by Gasteiger charge is 2.18. The van der Waals surface area contributed by atoms with Crippen molar-refractivity contribution in [2.45, 2.75) is 26.3 Å². The summed E-state index contributed by atoms with van der Waals surface area (Å²) in [5.74, 6) is -0.186. The van der Waals surface area contributed by atoms with Gasteiger partial charge in [0.15, 0.2) is 0 Å². The van der Waals surface area contributed by atoms with Gasteiger partial charge in [-0.1, -0.05) is 25.1 Å². The molecule has 0 spiro atoms. The molecule has 0 bridgehead atoms. The summed E-state index contributed by atoms with van der Waals surface area (Å²) in [7, 11) is 1.75. The van der Waals surface area contributed by atoms with Crippen LogP contribution in [0.2, 0.25) is 0 Å². The number of hydrogen-bond donors (Lipinski definition) is 0. The van der Waals surface area contributed by atoms with E-state index in [-0.39, 0.29) is 23.2 Å².